The summed E-state index contributed by atoms with van der Waals surface area (Å²) in [6.07, 6.45) is 2.67. The maximum Gasteiger partial charge on any atom is 0.410 e. The Labute approximate surface area is 222 Å². The highest BCUT2D eigenvalue weighted by Crippen LogP contribution is 2.44. The lowest BCUT2D eigenvalue weighted by Gasteiger charge is -2.49. The van der Waals surface area contributed by atoms with E-state index in [-0.39, 0.29) is 12.6 Å². The zero-order chi connectivity index (χ0) is 27.5. The van der Waals surface area contributed by atoms with Crippen LogP contribution in [0, 0.1) is 12.3 Å². The highest BCUT2D eigenvalue weighted by atomic mass is 32.2. The lowest BCUT2D eigenvalue weighted by Crippen LogP contribution is -2.62. The molecular weight excluding hydrogens is 513 g/mol. The van der Waals surface area contributed by atoms with Gasteiger partial charge in [0.2, 0.25) is 16.0 Å². The number of sulfonamides is 1. The number of aromatic nitrogens is 3. The minimum Gasteiger partial charge on any atom is -0.444 e. The molecule has 1 atom stereocenters. The number of fused-ring (bicyclic) bond motifs is 1. The van der Waals surface area contributed by atoms with Crippen LogP contribution in [-0.4, -0.2) is 102 Å². The second kappa shape index (κ2) is 9.44. The number of anilines is 2. The molecule has 0 radical (unpaired) electrons. The van der Waals surface area contributed by atoms with Gasteiger partial charge in [-0.05, 0) is 46.6 Å². The summed E-state index contributed by atoms with van der Waals surface area (Å²) in [6, 6.07) is 1.98. The molecule has 208 valence electrons. The summed E-state index contributed by atoms with van der Waals surface area (Å²) in [4.78, 5) is 30.0. The molecule has 1 N–H and O–H groups in total. The van der Waals surface area contributed by atoms with Gasteiger partial charge in [0.05, 0.1) is 18.2 Å². The number of amides is 1. The summed E-state index contributed by atoms with van der Waals surface area (Å²) in [5.41, 5.74) is 0.194. The van der Waals surface area contributed by atoms with Crippen LogP contribution in [0.15, 0.2) is 12.3 Å². The van der Waals surface area contributed by atoms with E-state index in [1.54, 1.807) is 27.0 Å². The Balaban J connectivity index is 1.30. The molecule has 2 aromatic heterocycles. The number of ether oxygens (including phenoxy) is 1. The molecular formula is C25H36FN7O4S. The van der Waals surface area contributed by atoms with Gasteiger partial charge in [0.25, 0.3) is 0 Å². The SMILES string of the molecule is Cc1cc2cnc(NC3CCN(S(C)(=O)=O)CC3)nc2c(N2CC3(CN(C(=O)OC(C)(C)C)CC3F)C2)n1. The number of pyridine rings is 1. The van der Waals surface area contributed by atoms with E-state index < -0.39 is 33.3 Å². The van der Waals surface area contributed by atoms with Crippen molar-refractivity contribution in [1.82, 2.24) is 24.2 Å². The number of nitrogens with one attached hydrogen (secondary N) is 1. The number of nitrogens with zero attached hydrogens (tertiary/aromatic N) is 6. The third-order valence-corrected chi connectivity index (χ3v) is 8.75. The summed E-state index contributed by atoms with van der Waals surface area (Å²) in [5, 5.41) is 4.18. The van der Waals surface area contributed by atoms with Crippen molar-refractivity contribution in [2.45, 2.75) is 58.4 Å². The number of rotatable bonds is 4. The fourth-order valence-electron chi connectivity index (χ4n) is 5.52. The molecule has 5 rings (SSSR count). The van der Waals surface area contributed by atoms with Crippen LogP contribution in [-0.2, 0) is 14.8 Å². The van der Waals surface area contributed by atoms with E-state index in [1.165, 1.54) is 15.5 Å². The van der Waals surface area contributed by atoms with E-state index in [2.05, 4.69) is 10.3 Å². The molecule has 3 fully saturated rings. The van der Waals surface area contributed by atoms with E-state index >= 15 is 4.39 Å². The van der Waals surface area contributed by atoms with E-state index in [4.69, 9.17) is 14.7 Å². The molecule has 0 saturated carbocycles. The summed E-state index contributed by atoms with van der Waals surface area (Å²) in [7, 11) is -3.19. The normalized spacial score (nSPS) is 22.6. The Morgan fingerprint density at radius 3 is 2.50 bits per heavy atom. The minimum atomic E-state index is -3.19. The monoisotopic (exact) mass is 549 g/mol. The maximum atomic E-state index is 15.2. The predicted octanol–water partition coefficient (Wildman–Crippen LogP) is 2.56. The van der Waals surface area contributed by atoms with Gasteiger partial charge >= 0.3 is 6.09 Å². The van der Waals surface area contributed by atoms with E-state index in [9.17, 15) is 13.2 Å². The van der Waals surface area contributed by atoms with Gasteiger partial charge < -0.3 is 19.9 Å². The van der Waals surface area contributed by atoms with Crippen molar-refractivity contribution >= 4 is 38.8 Å². The lowest BCUT2D eigenvalue weighted by atomic mass is 9.77. The summed E-state index contributed by atoms with van der Waals surface area (Å²) < 4.78 is 45.7. The van der Waals surface area contributed by atoms with Crippen molar-refractivity contribution in [3.8, 4) is 0 Å². The molecule has 3 saturated heterocycles. The first kappa shape index (κ1) is 26.8. The molecule has 0 aromatic carbocycles. The lowest BCUT2D eigenvalue weighted by molar-refractivity contribution is 0.0265. The third kappa shape index (κ3) is 5.35. The van der Waals surface area contributed by atoms with Crippen molar-refractivity contribution in [2.24, 2.45) is 5.41 Å². The van der Waals surface area contributed by atoms with Crippen molar-refractivity contribution < 1.29 is 22.3 Å². The summed E-state index contributed by atoms with van der Waals surface area (Å²) >= 11 is 0. The number of halogens is 1. The molecule has 1 spiro atoms. The number of alkyl halides is 1. The van der Waals surface area contributed by atoms with E-state index in [0.29, 0.717) is 62.8 Å². The Morgan fingerprint density at radius 2 is 1.87 bits per heavy atom. The topological polar surface area (TPSA) is 121 Å². The van der Waals surface area contributed by atoms with Crippen molar-refractivity contribution in [2.75, 3.05) is 55.7 Å². The number of aryl methyl sites for hydroxylation is 1. The van der Waals surface area contributed by atoms with Crippen LogP contribution in [0.1, 0.15) is 39.3 Å². The Morgan fingerprint density at radius 1 is 1.18 bits per heavy atom. The van der Waals surface area contributed by atoms with Crippen molar-refractivity contribution in [3.63, 3.8) is 0 Å². The standard InChI is InChI=1S/C25H36FN7O4S/c1-16-10-17-11-27-22(29-18-6-8-33(9-7-18)38(5,35)36)30-20(17)21(28-16)32-14-25(15-32)13-31(12-19(25)26)23(34)37-24(2,3)4/h10-11,18-19H,6-9,12-15H2,1-5H3,(H,27,29,30). The quantitative estimate of drug-likeness (QED) is 0.613. The number of carbonyl (C=O) groups is 1. The van der Waals surface area contributed by atoms with Crippen LogP contribution in [0.5, 0.6) is 0 Å². The molecule has 3 aliphatic heterocycles. The zero-order valence-corrected chi connectivity index (χ0v) is 23.4. The molecule has 11 nitrogen and oxygen atoms in total. The van der Waals surface area contributed by atoms with Crippen LogP contribution < -0.4 is 10.2 Å². The first-order valence-corrected chi connectivity index (χ1v) is 14.8. The second-order valence-corrected chi connectivity index (χ2v) is 13.8. The van der Waals surface area contributed by atoms with Gasteiger partial charge in [-0.1, -0.05) is 0 Å². The molecule has 13 heteroatoms. The number of piperidine rings is 1. The number of hydrogen-bond acceptors (Lipinski definition) is 9. The average molecular weight is 550 g/mol. The Bertz CT molecular complexity index is 1340. The molecule has 1 unspecified atom stereocenters. The first-order chi connectivity index (χ1) is 17.7. The van der Waals surface area contributed by atoms with Crippen LogP contribution in [0.3, 0.4) is 0 Å². The number of hydrogen-bond donors (Lipinski definition) is 1. The van der Waals surface area contributed by atoms with Gasteiger partial charge in [0.1, 0.15) is 17.3 Å². The highest BCUT2D eigenvalue weighted by Gasteiger charge is 2.57. The fraction of sp³-hybridized carbons (Fsp3) is 0.680. The summed E-state index contributed by atoms with van der Waals surface area (Å²) in [6.45, 7) is 9.39. The zero-order valence-electron chi connectivity index (χ0n) is 22.6. The van der Waals surface area contributed by atoms with Gasteiger partial charge in [0.15, 0.2) is 5.82 Å². The fourth-order valence-corrected chi connectivity index (χ4v) is 6.39. The molecule has 38 heavy (non-hydrogen) atoms. The van der Waals surface area contributed by atoms with Crippen LogP contribution in [0.4, 0.5) is 21.0 Å². The Hall–Kier alpha value is -2.80. The molecule has 1 amide bonds. The predicted molar refractivity (Wildman–Crippen MR) is 142 cm³/mol. The smallest absolute Gasteiger partial charge is 0.410 e. The molecule has 5 heterocycles. The van der Waals surface area contributed by atoms with Crippen molar-refractivity contribution in [1.29, 1.82) is 0 Å². The van der Waals surface area contributed by atoms with Crippen molar-refractivity contribution in [3.05, 3.63) is 18.0 Å². The van der Waals surface area contributed by atoms with Gasteiger partial charge in [-0.2, -0.15) is 0 Å². The van der Waals surface area contributed by atoms with E-state index in [1.807, 2.05) is 17.9 Å². The van der Waals surface area contributed by atoms with Crippen LogP contribution in [0.2, 0.25) is 0 Å². The number of likely N-dealkylation sites (tertiary alicyclic amines) is 1. The van der Waals surface area contributed by atoms with Gasteiger partial charge in [0, 0.05) is 56.0 Å². The Kier molecular flexibility index (Phi) is 6.65. The average Bonchev–Trinajstić information content (AvgIpc) is 3.14. The van der Waals surface area contributed by atoms with Gasteiger partial charge in [-0.15, -0.1) is 0 Å². The van der Waals surface area contributed by atoms with E-state index in [0.717, 1.165) is 11.1 Å². The number of carbonyl (C=O) groups excluding carboxylic acids is 1. The van der Waals surface area contributed by atoms with Gasteiger partial charge in [-0.3, -0.25) is 0 Å². The minimum absolute atomic E-state index is 0.0269. The molecule has 3 aliphatic rings. The van der Waals surface area contributed by atoms with Crippen LogP contribution >= 0.6 is 0 Å². The largest absolute Gasteiger partial charge is 0.444 e. The van der Waals surface area contributed by atoms with Crippen LogP contribution in [0.25, 0.3) is 10.9 Å². The third-order valence-electron chi connectivity index (χ3n) is 7.45. The van der Waals surface area contributed by atoms with Gasteiger partial charge in [-0.25, -0.2) is 36.9 Å². The molecule has 0 bridgehead atoms. The summed E-state index contributed by atoms with van der Waals surface area (Å²) in [5.74, 6) is 1.13. The molecule has 2 aromatic rings. The maximum absolute atomic E-state index is 15.2. The first-order valence-electron chi connectivity index (χ1n) is 13.0. The second-order valence-electron chi connectivity index (χ2n) is 11.8. The molecule has 0 aliphatic carbocycles. The highest BCUT2D eigenvalue weighted by molar-refractivity contribution is 7.88.